The number of carbonyl (C=O) groups is 1. The number of benzene rings is 1. The summed E-state index contributed by atoms with van der Waals surface area (Å²) in [6.07, 6.45) is 5.20. The van der Waals surface area contributed by atoms with Crippen LogP contribution in [0.2, 0.25) is 10.0 Å². The molecule has 10 nitrogen and oxygen atoms in total. The number of anilines is 2. The molecule has 0 spiro atoms. The van der Waals surface area contributed by atoms with Crippen LogP contribution >= 0.6 is 23.2 Å². The minimum Gasteiger partial charge on any atom is -0.495 e. The van der Waals surface area contributed by atoms with E-state index >= 15 is 0 Å². The summed E-state index contributed by atoms with van der Waals surface area (Å²) >= 11 is 13.5. The quantitative estimate of drug-likeness (QED) is 0.311. The number of hydrogen-bond donors (Lipinski definition) is 1. The van der Waals surface area contributed by atoms with E-state index < -0.39 is 0 Å². The van der Waals surface area contributed by atoms with Crippen LogP contribution < -0.4 is 19.7 Å². The number of fused-ring (bicyclic) bond motifs is 1. The van der Waals surface area contributed by atoms with E-state index in [1.165, 1.54) is 20.3 Å². The smallest absolute Gasteiger partial charge is 0.223 e. The Morgan fingerprint density at radius 1 is 1.17 bits per heavy atom. The number of nitrogens with one attached hydrogen (secondary N) is 1. The Morgan fingerprint density at radius 2 is 1.93 bits per heavy atom. The van der Waals surface area contributed by atoms with E-state index in [0.29, 0.717) is 76.3 Å². The van der Waals surface area contributed by atoms with E-state index in [2.05, 4.69) is 21.8 Å². The van der Waals surface area contributed by atoms with Gasteiger partial charge in [0.1, 0.15) is 17.0 Å². The highest BCUT2D eigenvalue weighted by Gasteiger charge is 2.30. The van der Waals surface area contributed by atoms with Crippen molar-refractivity contribution in [1.82, 2.24) is 15.0 Å². The van der Waals surface area contributed by atoms with Crippen LogP contribution in [0.5, 0.6) is 11.5 Å². The second-order valence-corrected chi connectivity index (χ2v) is 10.8. The predicted octanol–water partition coefficient (Wildman–Crippen LogP) is 5.20. The Morgan fingerprint density at radius 3 is 2.59 bits per heavy atom. The summed E-state index contributed by atoms with van der Waals surface area (Å²) in [5, 5.41) is 4.80. The largest absolute Gasteiger partial charge is 0.495 e. The molecule has 12 heteroatoms. The van der Waals surface area contributed by atoms with Crippen LogP contribution in [0.1, 0.15) is 19.3 Å². The fourth-order valence-corrected chi connectivity index (χ4v) is 6.05. The van der Waals surface area contributed by atoms with Crippen molar-refractivity contribution < 1.29 is 23.7 Å². The van der Waals surface area contributed by atoms with E-state index in [4.69, 9.17) is 52.1 Å². The number of carbonyl (C=O) groups excluding carboxylic acids is 1. The highest BCUT2D eigenvalue weighted by molar-refractivity contribution is 6.41. The fraction of sp³-hybridized carbons (Fsp3) is 0.448. The number of nitrogens with zero attached hydrogens (tertiary/aromatic N) is 4. The van der Waals surface area contributed by atoms with E-state index in [-0.39, 0.29) is 23.8 Å². The van der Waals surface area contributed by atoms with Crippen LogP contribution in [0.3, 0.4) is 0 Å². The lowest BCUT2D eigenvalue weighted by molar-refractivity contribution is -0.116. The summed E-state index contributed by atoms with van der Waals surface area (Å²) in [5.74, 6) is 2.03. The fourth-order valence-electron chi connectivity index (χ4n) is 5.36. The van der Waals surface area contributed by atoms with Gasteiger partial charge in [0.2, 0.25) is 5.95 Å². The molecule has 2 saturated heterocycles. The molecule has 4 heterocycles. The zero-order chi connectivity index (χ0) is 29.1. The zero-order valence-corrected chi connectivity index (χ0v) is 24.8. The number of aromatic nitrogens is 3. The maximum atomic E-state index is 12.1. The van der Waals surface area contributed by atoms with Gasteiger partial charge in [-0.25, -0.2) is 15.0 Å². The lowest BCUT2D eigenvalue weighted by atomic mass is 9.90. The number of ketones is 1. The molecule has 0 amide bonds. The Bertz CT molecular complexity index is 1430. The van der Waals surface area contributed by atoms with Crippen molar-refractivity contribution in [3.05, 3.63) is 41.0 Å². The Balaban J connectivity index is 1.59. The van der Waals surface area contributed by atoms with Gasteiger partial charge in [-0.1, -0.05) is 29.8 Å². The first-order chi connectivity index (χ1) is 19.9. The Kier molecular flexibility index (Phi) is 9.13. The normalized spacial score (nSPS) is 20.7. The second-order valence-electron chi connectivity index (χ2n) is 10.1. The third-order valence-corrected chi connectivity index (χ3v) is 8.41. The van der Waals surface area contributed by atoms with Crippen LogP contribution in [0, 0.1) is 5.92 Å². The number of pyridine rings is 1. The predicted molar refractivity (Wildman–Crippen MR) is 160 cm³/mol. The van der Waals surface area contributed by atoms with E-state index in [0.717, 1.165) is 24.8 Å². The monoisotopic (exact) mass is 601 g/mol. The van der Waals surface area contributed by atoms with E-state index in [1.54, 1.807) is 19.4 Å². The number of ether oxygens (including phenoxy) is 4. The lowest BCUT2D eigenvalue weighted by Gasteiger charge is -2.31. The third kappa shape index (κ3) is 6.06. The van der Waals surface area contributed by atoms with Gasteiger partial charge in [-0.15, -0.1) is 0 Å². The molecular weight excluding hydrogens is 569 g/mol. The molecule has 218 valence electrons. The highest BCUT2D eigenvalue weighted by atomic mass is 35.5. The molecule has 3 aromatic rings. The van der Waals surface area contributed by atoms with Crippen LogP contribution in [0.4, 0.5) is 11.8 Å². The lowest BCUT2D eigenvalue weighted by Crippen LogP contribution is -2.40. The molecule has 0 saturated carbocycles. The second kappa shape index (κ2) is 12.8. The summed E-state index contributed by atoms with van der Waals surface area (Å²) in [7, 11) is 4.77. The van der Waals surface area contributed by atoms with Gasteiger partial charge in [0.25, 0.3) is 0 Å². The standard InChI is InChI=1S/C29H33Cl2N5O5/c1-5-18(37)10-16-7-9-41-15-21(16)34-29-32-13-17-11-20(24-25(30)22(39-3)12-23(40-4)26(24)31)33-28(27(17)35-29)36-8-6-19(14-36)38-2/h5,11-13,16,19,21H,1,6-10,14-15H2,2-4H3,(H,32,34,35)/t16-,19?,21-/m1/s1. The van der Waals surface area contributed by atoms with Crippen molar-refractivity contribution in [2.75, 3.05) is 57.8 Å². The van der Waals surface area contributed by atoms with Gasteiger partial charge in [-0.3, -0.25) is 4.79 Å². The molecule has 2 aliphatic rings. The maximum Gasteiger partial charge on any atom is 0.223 e. The molecule has 1 N–H and O–H groups in total. The topological polar surface area (TPSA) is 108 Å². The first-order valence-electron chi connectivity index (χ1n) is 13.4. The number of methoxy groups -OCH3 is 3. The van der Waals surface area contributed by atoms with Crippen molar-refractivity contribution in [2.24, 2.45) is 5.92 Å². The molecule has 5 rings (SSSR count). The average molecular weight is 603 g/mol. The molecule has 41 heavy (non-hydrogen) atoms. The summed E-state index contributed by atoms with van der Waals surface area (Å²) < 4.78 is 22.3. The minimum absolute atomic E-state index is 0.00960. The van der Waals surface area contributed by atoms with Gasteiger partial charge in [0.15, 0.2) is 11.6 Å². The minimum atomic E-state index is -0.118. The van der Waals surface area contributed by atoms with Crippen molar-refractivity contribution in [1.29, 1.82) is 0 Å². The summed E-state index contributed by atoms with van der Waals surface area (Å²) in [6, 6.07) is 3.38. The van der Waals surface area contributed by atoms with E-state index in [9.17, 15) is 4.79 Å². The zero-order valence-electron chi connectivity index (χ0n) is 23.3. The van der Waals surface area contributed by atoms with Crippen LogP contribution in [0.15, 0.2) is 31.0 Å². The van der Waals surface area contributed by atoms with Gasteiger partial charge >= 0.3 is 0 Å². The van der Waals surface area contributed by atoms with Gasteiger partial charge in [-0.05, 0) is 30.9 Å². The average Bonchev–Trinajstić information content (AvgIpc) is 3.47. The summed E-state index contributed by atoms with van der Waals surface area (Å²) in [5.41, 5.74) is 1.69. The molecule has 0 radical (unpaired) electrons. The molecule has 2 aliphatic heterocycles. The number of allylic oxidation sites excluding steroid dienone is 1. The highest BCUT2D eigenvalue weighted by Crippen LogP contribution is 2.46. The van der Waals surface area contributed by atoms with Crippen molar-refractivity contribution >= 4 is 51.7 Å². The van der Waals surface area contributed by atoms with Gasteiger partial charge in [0, 0.05) is 56.4 Å². The number of hydrogen-bond acceptors (Lipinski definition) is 10. The Hall–Kier alpha value is -3.18. The van der Waals surface area contributed by atoms with Crippen LogP contribution in [-0.2, 0) is 14.3 Å². The molecule has 2 aromatic heterocycles. The molecule has 1 aromatic carbocycles. The van der Waals surface area contributed by atoms with E-state index in [1.807, 2.05) is 6.07 Å². The molecule has 2 fully saturated rings. The molecule has 3 atom stereocenters. The molecule has 0 aliphatic carbocycles. The van der Waals surface area contributed by atoms with Gasteiger partial charge < -0.3 is 29.2 Å². The molecule has 1 unspecified atom stereocenters. The number of halogens is 2. The Labute approximate surface area is 248 Å². The first kappa shape index (κ1) is 29.3. The summed E-state index contributed by atoms with van der Waals surface area (Å²) in [4.78, 5) is 28.8. The number of rotatable bonds is 10. The van der Waals surface area contributed by atoms with Crippen molar-refractivity contribution in [3.8, 4) is 22.8 Å². The van der Waals surface area contributed by atoms with Crippen LogP contribution in [-0.4, -0.2) is 80.5 Å². The maximum absolute atomic E-state index is 12.1. The third-order valence-electron chi connectivity index (χ3n) is 7.66. The van der Waals surface area contributed by atoms with Gasteiger partial charge in [-0.2, -0.15) is 0 Å². The van der Waals surface area contributed by atoms with Crippen molar-refractivity contribution in [2.45, 2.75) is 31.4 Å². The van der Waals surface area contributed by atoms with Crippen LogP contribution in [0.25, 0.3) is 22.2 Å². The molecule has 0 bridgehead atoms. The summed E-state index contributed by atoms with van der Waals surface area (Å²) in [6.45, 7) is 6.07. The first-order valence-corrected chi connectivity index (χ1v) is 14.2. The van der Waals surface area contributed by atoms with Crippen molar-refractivity contribution in [3.63, 3.8) is 0 Å². The molecular formula is C29H33Cl2N5O5. The van der Waals surface area contributed by atoms with Gasteiger partial charge in [0.05, 0.1) is 48.7 Å². The SMILES string of the molecule is C=CC(=O)C[C@H]1CCOC[C@H]1Nc1ncc2cc(-c3c(Cl)c(OC)cc(OC)c3Cl)nc(N3CCC(OC)C3)c2n1.